The maximum absolute atomic E-state index is 12.8. The molecule has 0 aliphatic carbocycles. The van der Waals surface area contributed by atoms with Crippen molar-refractivity contribution in [3.63, 3.8) is 0 Å². The van der Waals surface area contributed by atoms with Gasteiger partial charge in [-0.15, -0.1) is 20.4 Å². The third-order valence-electron chi connectivity index (χ3n) is 14.3. The first-order valence-electron chi connectivity index (χ1n) is 32.0. The molecule has 0 bridgehead atoms. The average molecular weight is 1520 g/mol. The smallest absolute Gasteiger partial charge is 0.416 e. The number of nitrogens with one attached hydrogen (secondary N) is 4. The van der Waals surface area contributed by atoms with Gasteiger partial charge < -0.3 is 69.4 Å². The molecule has 0 radical (unpaired) electrons. The normalized spacial score (nSPS) is 10.7. The molecule has 542 valence electrons. The molecule has 0 fully saturated rings. The largest absolute Gasteiger partial charge is 0.456 e. The van der Waals surface area contributed by atoms with Crippen LogP contribution in [0.15, 0.2) is 286 Å². The molecule has 8 heterocycles. The van der Waals surface area contributed by atoms with Gasteiger partial charge in [-0.25, -0.2) is 9.97 Å². The quantitative estimate of drug-likeness (QED) is 0.0413. The van der Waals surface area contributed by atoms with Crippen molar-refractivity contribution in [2.75, 3.05) is 32.7 Å². The molecule has 34 heteroatoms. The number of anilines is 10. The number of aromatic nitrogens is 14. The van der Waals surface area contributed by atoms with E-state index in [0.717, 1.165) is 45.9 Å². The van der Waals surface area contributed by atoms with Crippen LogP contribution in [0.4, 0.5) is 71.7 Å². The number of nitrogen functional groups attached to an aromatic ring is 2. The van der Waals surface area contributed by atoms with Gasteiger partial charge in [-0.2, -0.15) is 23.1 Å². The van der Waals surface area contributed by atoms with Crippen LogP contribution < -0.4 is 51.7 Å². The van der Waals surface area contributed by atoms with E-state index in [2.05, 4.69) is 92.0 Å². The molecular formula is C75H52Cl3F3N20O8. The summed E-state index contributed by atoms with van der Waals surface area (Å²) in [5, 5.41) is 45.5. The highest BCUT2D eigenvalue weighted by Crippen LogP contribution is 2.35. The van der Waals surface area contributed by atoms with Gasteiger partial charge >= 0.3 is 30.2 Å². The van der Waals surface area contributed by atoms with Crippen LogP contribution in [0.25, 0.3) is 45.8 Å². The number of pyridine rings is 2. The van der Waals surface area contributed by atoms with E-state index in [0.29, 0.717) is 84.6 Å². The zero-order valence-electron chi connectivity index (χ0n) is 55.9. The summed E-state index contributed by atoms with van der Waals surface area (Å²) in [5.41, 5.74) is 15.8. The molecule has 28 nitrogen and oxygen atoms in total. The van der Waals surface area contributed by atoms with Crippen molar-refractivity contribution in [3.8, 4) is 91.9 Å². The van der Waals surface area contributed by atoms with Gasteiger partial charge in [0.1, 0.15) is 46.6 Å². The number of nitrogens with two attached hydrogens (primary N) is 2. The van der Waals surface area contributed by atoms with Crippen LogP contribution in [-0.2, 0) is 6.18 Å². The van der Waals surface area contributed by atoms with Crippen LogP contribution in [0, 0.1) is 0 Å². The van der Waals surface area contributed by atoms with Crippen LogP contribution in [0.5, 0.6) is 46.1 Å². The predicted octanol–water partition coefficient (Wildman–Crippen LogP) is 19.6. The van der Waals surface area contributed by atoms with Crippen molar-refractivity contribution in [1.29, 1.82) is 0 Å². The predicted molar refractivity (Wildman–Crippen MR) is 400 cm³/mol. The van der Waals surface area contributed by atoms with E-state index >= 15 is 0 Å². The second-order valence-corrected chi connectivity index (χ2v) is 23.5. The fourth-order valence-electron chi connectivity index (χ4n) is 9.35. The van der Waals surface area contributed by atoms with Crippen molar-refractivity contribution in [1.82, 2.24) is 70.7 Å². The van der Waals surface area contributed by atoms with Gasteiger partial charge in [0.15, 0.2) is 5.75 Å². The molecule has 8 N–H and O–H groups in total. The van der Waals surface area contributed by atoms with Gasteiger partial charge in [-0.1, -0.05) is 73.4 Å². The summed E-state index contributed by atoms with van der Waals surface area (Å²) in [6.45, 7) is 0. The summed E-state index contributed by atoms with van der Waals surface area (Å²) in [6.07, 6.45) is 6.78. The molecule has 0 aliphatic heterocycles. The third-order valence-corrected chi connectivity index (χ3v) is 15.0. The second-order valence-electron chi connectivity index (χ2n) is 22.2. The number of benzene rings is 8. The average Bonchev–Trinajstić information content (AvgIpc) is 1.79. The van der Waals surface area contributed by atoms with Crippen LogP contribution in [0.3, 0.4) is 0 Å². The molecule has 0 amide bonds. The third kappa shape index (κ3) is 21.3. The molecule has 16 rings (SSSR count). The number of nitrogens with zero attached hydrogens (tertiary/aromatic N) is 14. The summed E-state index contributed by atoms with van der Waals surface area (Å²) in [5.74, 6) is 6.22. The first-order valence-corrected chi connectivity index (χ1v) is 33.1. The molecule has 0 atom stereocenters. The zero-order chi connectivity index (χ0) is 75.3. The molecule has 0 saturated heterocycles. The lowest BCUT2D eigenvalue weighted by Crippen LogP contribution is -2.05. The van der Waals surface area contributed by atoms with E-state index in [-0.39, 0.29) is 47.3 Å². The summed E-state index contributed by atoms with van der Waals surface area (Å²) in [6, 6.07) is 64.5. The van der Waals surface area contributed by atoms with Gasteiger partial charge in [0, 0.05) is 78.5 Å². The highest BCUT2D eigenvalue weighted by molar-refractivity contribution is 6.31. The van der Waals surface area contributed by atoms with E-state index in [1.807, 2.05) is 84.9 Å². The standard InChI is InChI=1S/C20H13F3N4O2.C19H13ClN4O2.C18H14ClN7O2.C18H12ClN5O2/c21-20(22,23)14-3-1-4-15(11-14)25-19-27-26-18(29-19)13-6-8-16(9-7-13)28-17-5-2-10-24-12-17;20-14-5-7-15(8-6-14)22-19-24-23-18(26-19)13-3-9-16(10-4-13)25-17-2-1-11-21-12-17;19-11-2-1-3-12(8-11)22-18-26-25-16(28-18)10-4-6-13(7-5-10)27-15-9-14(20)23-17(21)24-15;19-13-2-1-3-14(8-13)22-18-24-23-17(26-18)12-4-6-15(7-5-12)25-16-9-20-11-21-10-16/h1-12H,(H,25,27);1-12H,(H,22,24);1-9H,(H,22,26)(H4,20,21,23,24);1-11H,(H,22,24). The summed E-state index contributed by atoms with van der Waals surface area (Å²) < 4.78 is 83.5. The van der Waals surface area contributed by atoms with E-state index in [9.17, 15) is 13.2 Å². The van der Waals surface area contributed by atoms with E-state index in [4.69, 9.17) is 82.9 Å². The van der Waals surface area contributed by atoms with Gasteiger partial charge in [0.2, 0.25) is 35.4 Å². The van der Waals surface area contributed by atoms with Gasteiger partial charge in [0.25, 0.3) is 0 Å². The maximum Gasteiger partial charge on any atom is 0.416 e. The lowest BCUT2D eigenvalue weighted by atomic mass is 10.2. The highest BCUT2D eigenvalue weighted by atomic mass is 35.5. The molecule has 109 heavy (non-hydrogen) atoms. The fraction of sp³-hybridized carbons (Fsp3) is 0.0133. The molecule has 8 aromatic heterocycles. The minimum atomic E-state index is -4.43. The molecule has 0 spiro atoms. The summed E-state index contributed by atoms with van der Waals surface area (Å²) in [7, 11) is 0. The second kappa shape index (κ2) is 34.8. The van der Waals surface area contributed by atoms with Crippen LogP contribution >= 0.6 is 34.8 Å². The van der Waals surface area contributed by atoms with Gasteiger partial charge in [-0.3, -0.25) is 9.97 Å². The molecule has 8 aromatic carbocycles. The van der Waals surface area contributed by atoms with E-state index in [1.54, 1.807) is 146 Å². The molecule has 16 aromatic rings. The molecule has 0 unspecified atom stereocenters. The van der Waals surface area contributed by atoms with Crippen molar-refractivity contribution < 1.29 is 49.8 Å². The minimum Gasteiger partial charge on any atom is -0.456 e. The Bertz CT molecular complexity index is 5570. The first-order chi connectivity index (χ1) is 53.0. The number of hydrogen-bond acceptors (Lipinski definition) is 28. The van der Waals surface area contributed by atoms with E-state index < -0.39 is 11.7 Å². The zero-order valence-corrected chi connectivity index (χ0v) is 58.1. The molecule has 0 saturated carbocycles. The summed E-state index contributed by atoms with van der Waals surface area (Å²) >= 11 is 17.8. The van der Waals surface area contributed by atoms with Crippen molar-refractivity contribution >= 4 is 93.4 Å². The fourth-order valence-corrected chi connectivity index (χ4v) is 9.86. The molecular weight excluding hydrogens is 1470 g/mol. The van der Waals surface area contributed by atoms with Crippen molar-refractivity contribution in [2.45, 2.75) is 6.18 Å². The van der Waals surface area contributed by atoms with Crippen molar-refractivity contribution in [2.24, 2.45) is 0 Å². The highest BCUT2D eigenvalue weighted by Gasteiger charge is 2.30. The van der Waals surface area contributed by atoms with Gasteiger partial charge in [-0.05, 0) is 200 Å². The summed E-state index contributed by atoms with van der Waals surface area (Å²) in [4.78, 5) is 23.6. The number of rotatable bonds is 20. The number of hydrogen-bond donors (Lipinski definition) is 6. The Morgan fingerprint density at radius 1 is 0.330 bits per heavy atom. The Morgan fingerprint density at radius 2 is 0.706 bits per heavy atom. The lowest BCUT2D eigenvalue weighted by Gasteiger charge is -2.08. The Kier molecular flexibility index (Phi) is 23.2. The van der Waals surface area contributed by atoms with Crippen LogP contribution in [0.2, 0.25) is 15.1 Å². The minimum absolute atomic E-state index is 0.0185. The Labute approximate surface area is 630 Å². The monoisotopic (exact) mass is 1520 g/mol. The number of ether oxygens (including phenoxy) is 4. The van der Waals surface area contributed by atoms with Crippen LogP contribution in [0.1, 0.15) is 5.56 Å². The Balaban J connectivity index is 0.000000128. The SMILES string of the molecule is Clc1ccc(Nc2nnc(-c3ccc(Oc4cccnc4)cc3)o2)cc1.Clc1cccc(Nc2nnc(-c3ccc(Oc4cncnc4)cc3)o2)c1.FC(F)(F)c1cccc(Nc2nnc(-c3ccc(Oc4cccnc4)cc3)o2)c1.Nc1cc(Oc2ccc(-c3nnc(Nc4cccc(Cl)c4)o3)cc2)nc(N)n1. The lowest BCUT2D eigenvalue weighted by molar-refractivity contribution is -0.137. The Hall–Kier alpha value is -14.6. The number of alkyl halides is 3. The number of halogens is 6. The van der Waals surface area contributed by atoms with Crippen LogP contribution in [-0.4, -0.2) is 70.7 Å². The van der Waals surface area contributed by atoms with E-state index in [1.165, 1.54) is 24.5 Å². The first kappa shape index (κ1) is 72.8. The van der Waals surface area contributed by atoms with Crippen molar-refractivity contribution in [3.05, 3.63) is 289 Å². The topological polar surface area (TPSA) is 370 Å². The molecule has 0 aliphatic rings. The Morgan fingerprint density at radius 3 is 1.09 bits per heavy atom. The maximum atomic E-state index is 12.8. The van der Waals surface area contributed by atoms with Gasteiger partial charge in [0.05, 0.1) is 30.4 Å².